The average molecular weight is 400 g/mol. The molecule has 9 nitrogen and oxygen atoms in total. The summed E-state index contributed by atoms with van der Waals surface area (Å²) in [6, 6.07) is 5.16. The van der Waals surface area contributed by atoms with Gasteiger partial charge in [0.2, 0.25) is 5.91 Å². The number of benzene rings is 1. The van der Waals surface area contributed by atoms with Crippen LogP contribution in [0.1, 0.15) is 44.1 Å². The monoisotopic (exact) mass is 400 g/mol. The van der Waals surface area contributed by atoms with Crippen molar-refractivity contribution in [1.29, 1.82) is 0 Å². The molecule has 1 fully saturated rings. The lowest BCUT2D eigenvalue weighted by atomic mass is 10.2. The number of carbonyl (C=O) groups excluding carboxylic acids is 3. The van der Waals surface area contributed by atoms with E-state index in [9.17, 15) is 14.4 Å². The maximum absolute atomic E-state index is 12.6. The van der Waals surface area contributed by atoms with Gasteiger partial charge in [-0.3, -0.25) is 19.6 Å². The van der Waals surface area contributed by atoms with Crippen LogP contribution < -0.4 is 11.1 Å². The Morgan fingerprint density at radius 1 is 1.34 bits per heavy atom. The molecule has 2 aromatic rings. The van der Waals surface area contributed by atoms with Crippen molar-refractivity contribution in [3.63, 3.8) is 0 Å². The highest BCUT2D eigenvalue weighted by Gasteiger charge is 2.31. The summed E-state index contributed by atoms with van der Waals surface area (Å²) >= 11 is 0. The molecule has 1 radical (unpaired) electrons. The van der Waals surface area contributed by atoms with Crippen molar-refractivity contribution in [1.82, 2.24) is 14.7 Å². The Balaban J connectivity index is 1.88. The molecule has 3 amide bonds. The third kappa shape index (κ3) is 4.85. The molecule has 0 atom stereocenters. The highest BCUT2D eigenvalue weighted by molar-refractivity contribution is 6.05. The predicted octanol–water partition coefficient (Wildman–Crippen LogP) is 2.31. The molecule has 1 saturated carbocycles. The second-order valence-electron chi connectivity index (χ2n) is 8.05. The number of primary amides is 1. The highest BCUT2D eigenvalue weighted by atomic mass is 16.6. The molecular formula is C20H26N5O4. The van der Waals surface area contributed by atoms with Crippen LogP contribution in [0, 0.1) is 6.92 Å². The number of nitrogens with two attached hydrogens (primary N) is 1. The molecule has 155 valence electrons. The van der Waals surface area contributed by atoms with Crippen molar-refractivity contribution in [2.45, 2.75) is 51.8 Å². The smallest absolute Gasteiger partial charge is 0.412 e. The Kier molecular flexibility index (Phi) is 5.50. The minimum atomic E-state index is -0.716. The van der Waals surface area contributed by atoms with Gasteiger partial charge in [0.05, 0.1) is 5.52 Å². The summed E-state index contributed by atoms with van der Waals surface area (Å²) in [5.74, 6) is -0.828. The maximum Gasteiger partial charge on any atom is 0.412 e. The molecule has 29 heavy (non-hydrogen) atoms. The number of ether oxygens (including phenoxy) is 1. The fraction of sp³-hybridized carbons (Fsp3) is 0.450. The first-order chi connectivity index (χ1) is 13.6. The van der Waals surface area contributed by atoms with E-state index >= 15 is 0 Å². The first-order valence-corrected chi connectivity index (χ1v) is 9.48. The molecule has 1 aliphatic rings. The lowest BCUT2D eigenvalue weighted by Gasteiger charge is -2.20. The summed E-state index contributed by atoms with van der Waals surface area (Å²) in [7, 11) is 0. The van der Waals surface area contributed by atoms with Gasteiger partial charge in [-0.25, -0.2) is 4.79 Å². The number of amides is 3. The van der Waals surface area contributed by atoms with Gasteiger partial charge < -0.3 is 15.4 Å². The standard InChI is InChI=1S/C20H26N5O4/c1-5-24(13-7-8-13)16(26)11-25-15-9-6-12(22-19(28)29-20(2,3)4)10-14(15)17(23-25)18(21)27/h6,9-10,13H,1,5,7-8,11H2,2-4H3,(H2,21,27)(H,22,28). The van der Waals surface area contributed by atoms with Crippen LogP contribution in [-0.4, -0.2) is 50.8 Å². The Bertz CT molecular complexity index is 956. The SMILES string of the molecule is [CH2]CN(C(=O)Cn1nc(C(N)=O)c2cc(NC(=O)OC(C)(C)C)ccc21)C1CC1. The van der Waals surface area contributed by atoms with Crippen LogP contribution in [0.2, 0.25) is 0 Å². The number of hydrogen-bond acceptors (Lipinski definition) is 5. The van der Waals surface area contributed by atoms with Crippen LogP contribution in [-0.2, 0) is 16.1 Å². The largest absolute Gasteiger partial charge is 0.444 e. The average Bonchev–Trinajstić information content (AvgIpc) is 3.36. The van der Waals surface area contributed by atoms with Crippen molar-refractivity contribution in [2.75, 3.05) is 11.9 Å². The van der Waals surface area contributed by atoms with Crippen LogP contribution >= 0.6 is 0 Å². The molecule has 0 bridgehead atoms. The van der Waals surface area contributed by atoms with Crippen molar-refractivity contribution in [3.8, 4) is 0 Å². The number of fused-ring (bicyclic) bond motifs is 1. The molecule has 0 unspecified atom stereocenters. The van der Waals surface area contributed by atoms with Gasteiger partial charge >= 0.3 is 6.09 Å². The van der Waals surface area contributed by atoms with Crippen molar-refractivity contribution >= 4 is 34.5 Å². The number of nitrogens with one attached hydrogen (secondary N) is 1. The molecule has 0 aliphatic heterocycles. The van der Waals surface area contributed by atoms with Gasteiger partial charge in [0.25, 0.3) is 5.91 Å². The number of aromatic nitrogens is 2. The Morgan fingerprint density at radius 2 is 2.03 bits per heavy atom. The Morgan fingerprint density at radius 3 is 2.59 bits per heavy atom. The van der Waals surface area contributed by atoms with E-state index in [-0.39, 0.29) is 24.2 Å². The first-order valence-electron chi connectivity index (χ1n) is 9.48. The lowest BCUT2D eigenvalue weighted by Crippen LogP contribution is -2.35. The van der Waals surface area contributed by atoms with Crippen LogP contribution in [0.4, 0.5) is 10.5 Å². The molecule has 1 aliphatic carbocycles. The number of rotatable bonds is 6. The van der Waals surface area contributed by atoms with Gasteiger partial charge in [0, 0.05) is 23.7 Å². The molecule has 0 saturated heterocycles. The van der Waals surface area contributed by atoms with Crippen molar-refractivity contribution in [3.05, 3.63) is 30.8 Å². The zero-order chi connectivity index (χ0) is 21.3. The normalized spacial score (nSPS) is 13.9. The first kappa shape index (κ1) is 20.6. The molecule has 1 heterocycles. The second kappa shape index (κ2) is 7.73. The quantitative estimate of drug-likeness (QED) is 0.771. The molecule has 3 N–H and O–H groups in total. The molecule has 1 aromatic heterocycles. The zero-order valence-electron chi connectivity index (χ0n) is 16.9. The number of anilines is 1. The summed E-state index contributed by atoms with van der Waals surface area (Å²) < 4.78 is 6.70. The summed E-state index contributed by atoms with van der Waals surface area (Å²) in [6.07, 6.45) is 1.34. The van der Waals surface area contributed by atoms with Crippen LogP contribution in [0.5, 0.6) is 0 Å². The fourth-order valence-corrected chi connectivity index (χ4v) is 3.10. The molecule has 9 heteroatoms. The number of hydrogen-bond donors (Lipinski definition) is 2. The summed E-state index contributed by atoms with van der Waals surface area (Å²) in [5, 5.41) is 7.31. The van der Waals surface area contributed by atoms with Crippen LogP contribution in [0.15, 0.2) is 18.2 Å². The molecular weight excluding hydrogens is 374 g/mol. The number of carbonyl (C=O) groups is 3. The van der Waals surface area contributed by atoms with E-state index in [0.29, 0.717) is 23.1 Å². The van der Waals surface area contributed by atoms with Crippen molar-refractivity contribution in [2.24, 2.45) is 5.73 Å². The van der Waals surface area contributed by atoms with E-state index in [1.165, 1.54) is 4.68 Å². The fourth-order valence-electron chi connectivity index (χ4n) is 3.10. The van der Waals surface area contributed by atoms with E-state index in [1.54, 1.807) is 43.9 Å². The molecule has 1 aromatic carbocycles. The van der Waals surface area contributed by atoms with Gasteiger partial charge in [-0.15, -0.1) is 0 Å². The van der Waals surface area contributed by atoms with E-state index < -0.39 is 17.6 Å². The van der Waals surface area contributed by atoms with E-state index in [0.717, 1.165) is 12.8 Å². The zero-order valence-corrected chi connectivity index (χ0v) is 16.9. The van der Waals surface area contributed by atoms with Crippen molar-refractivity contribution < 1.29 is 19.1 Å². The summed E-state index contributed by atoms with van der Waals surface area (Å²) in [4.78, 5) is 38.2. The van der Waals surface area contributed by atoms with Crippen LogP contribution in [0.25, 0.3) is 10.9 Å². The third-order valence-electron chi connectivity index (χ3n) is 4.46. The number of nitrogens with zero attached hydrogens (tertiary/aromatic N) is 3. The van der Waals surface area contributed by atoms with Crippen LogP contribution in [0.3, 0.4) is 0 Å². The van der Waals surface area contributed by atoms with Gasteiger partial charge in [-0.05, 0) is 58.7 Å². The minimum absolute atomic E-state index is 0.0192. The van der Waals surface area contributed by atoms with Gasteiger partial charge in [0.15, 0.2) is 5.69 Å². The molecule has 0 spiro atoms. The lowest BCUT2D eigenvalue weighted by molar-refractivity contribution is -0.132. The minimum Gasteiger partial charge on any atom is -0.444 e. The van der Waals surface area contributed by atoms with E-state index in [4.69, 9.17) is 10.5 Å². The second-order valence-corrected chi connectivity index (χ2v) is 8.05. The maximum atomic E-state index is 12.6. The Hall–Kier alpha value is -3.10. The summed E-state index contributed by atoms with van der Waals surface area (Å²) in [5.41, 5.74) is 5.87. The topological polar surface area (TPSA) is 120 Å². The predicted molar refractivity (Wildman–Crippen MR) is 108 cm³/mol. The molecule has 3 rings (SSSR count). The summed E-state index contributed by atoms with van der Waals surface area (Å²) in [6.45, 7) is 9.47. The van der Waals surface area contributed by atoms with E-state index in [1.807, 2.05) is 0 Å². The Labute approximate surface area is 169 Å². The van der Waals surface area contributed by atoms with Gasteiger partial charge in [-0.2, -0.15) is 5.10 Å². The van der Waals surface area contributed by atoms with Gasteiger partial charge in [-0.1, -0.05) is 0 Å². The highest BCUT2D eigenvalue weighted by Crippen LogP contribution is 2.28. The van der Waals surface area contributed by atoms with E-state index in [2.05, 4.69) is 17.3 Å². The van der Waals surface area contributed by atoms with Gasteiger partial charge in [0.1, 0.15) is 12.1 Å². The third-order valence-corrected chi connectivity index (χ3v) is 4.46.